The van der Waals surface area contributed by atoms with Gasteiger partial charge in [-0.2, -0.15) is 5.10 Å². The number of aryl methyl sites for hydroxylation is 3. The van der Waals surface area contributed by atoms with Gasteiger partial charge in [0.1, 0.15) is 5.76 Å². The normalized spacial score (nSPS) is 11.2. The quantitative estimate of drug-likeness (QED) is 0.456. The minimum atomic E-state index is 0.0263. The lowest BCUT2D eigenvalue weighted by molar-refractivity contribution is 0.0752. The Kier molecular flexibility index (Phi) is 5.40. The fraction of sp³-hybridized carbons (Fsp3) is 0.292. The van der Waals surface area contributed by atoms with E-state index in [0.717, 1.165) is 45.5 Å². The molecule has 0 fully saturated rings. The van der Waals surface area contributed by atoms with E-state index in [4.69, 9.17) is 4.52 Å². The highest BCUT2D eigenvalue weighted by molar-refractivity contribution is 5.99. The van der Waals surface area contributed by atoms with Crippen LogP contribution >= 0.6 is 0 Å². The summed E-state index contributed by atoms with van der Waals surface area (Å²) in [7, 11) is 0. The maximum absolute atomic E-state index is 13.1. The van der Waals surface area contributed by atoms with Crippen molar-refractivity contribution in [1.29, 1.82) is 0 Å². The van der Waals surface area contributed by atoms with Gasteiger partial charge >= 0.3 is 0 Å². The Labute approximate surface area is 176 Å². The van der Waals surface area contributed by atoms with Crippen molar-refractivity contribution >= 4 is 16.7 Å². The highest BCUT2D eigenvalue weighted by Gasteiger charge is 2.17. The maximum atomic E-state index is 13.1. The fourth-order valence-corrected chi connectivity index (χ4v) is 3.82. The molecule has 0 N–H and O–H groups in total. The monoisotopic (exact) mass is 402 g/mol. The first-order chi connectivity index (χ1) is 14.5. The average molecular weight is 402 g/mol. The molecule has 154 valence electrons. The second kappa shape index (κ2) is 8.14. The molecule has 0 aliphatic rings. The molecule has 2 aromatic heterocycles. The summed E-state index contributed by atoms with van der Waals surface area (Å²) in [5.41, 5.74) is 4.71. The highest BCUT2D eigenvalue weighted by Crippen LogP contribution is 2.30. The van der Waals surface area contributed by atoms with Crippen LogP contribution in [-0.2, 0) is 13.1 Å². The lowest BCUT2D eigenvalue weighted by atomic mass is 9.99. The predicted molar refractivity (Wildman–Crippen MR) is 117 cm³/mol. The summed E-state index contributed by atoms with van der Waals surface area (Å²) >= 11 is 0. The Morgan fingerprint density at radius 2 is 1.87 bits per heavy atom. The first kappa shape index (κ1) is 19.9. The number of fused-ring (bicyclic) bond motifs is 1. The van der Waals surface area contributed by atoms with Crippen LogP contribution in [0.25, 0.3) is 21.9 Å². The number of nitrogens with zero attached hydrogens (tertiary/aromatic N) is 4. The van der Waals surface area contributed by atoms with Gasteiger partial charge in [0.2, 0.25) is 0 Å². The van der Waals surface area contributed by atoms with Crippen LogP contribution in [0.2, 0.25) is 0 Å². The average Bonchev–Trinajstić information content (AvgIpc) is 3.36. The standard InChI is InChI=1S/C24H26N4O2/c1-5-27(14-18-13-25-28(6-2)15-18)24(29)22-10-8-19-11-21(9-7-20(19)12-22)23-16(3)26-30-17(23)4/h7-13,15H,5-6,14H2,1-4H3. The zero-order valence-corrected chi connectivity index (χ0v) is 17.8. The second-order valence-corrected chi connectivity index (χ2v) is 7.50. The number of aromatic nitrogens is 3. The van der Waals surface area contributed by atoms with Crippen LogP contribution in [0, 0.1) is 13.8 Å². The summed E-state index contributed by atoms with van der Waals surface area (Å²) in [5.74, 6) is 0.835. The van der Waals surface area contributed by atoms with Crippen molar-refractivity contribution in [2.75, 3.05) is 6.54 Å². The largest absolute Gasteiger partial charge is 0.361 e. The summed E-state index contributed by atoms with van der Waals surface area (Å²) in [4.78, 5) is 15.0. The van der Waals surface area contributed by atoms with Crippen LogP contribution in [0.4, 0.5) is 0 Å². The van der Waals surface area contributed by atoms with Gasteiger partial charge in [-0.25, -0.2) is 0 Å². The number of carbonyl (C=O) groups excluding carboxylic acids is 1. The predicted octanol–water partition coefficient (Wildman–Crippen LogP) is 4.99. The molecule has 30 heavy (non-hydrogen) atoms. The van der Waals surface area contributed by atoms with E-state index >= 15 is 0 Å². The van der Waals surface area contributed by atoms with E-state index in [1.165, 1.54) is 0 Å². The van der Waals surface area contributed by atoms with E-state index in [9.17, 15) is 4.79 Å². The molecule has 6 nitrogen and oxygen atoms in total. The van der Waals surface area contributed by atoms with Gasteiger partial charge in [0.25, 0.3) is 5.91 Å². The molecule has 0 unspecified atom stereocenters. The lowest BCUT2D eigenvalue weighted by Gasteiger charge is -2.20. The molecule has 6 heteroatoms. The van der Waals surface area contributed by atoms with Crippen LogP contribution in [0.15, 0.2) is 53.3 Å². The Morgan fingerprint density at radius 1 is 1.10 bits per heavy atom. The third-order valence-corrected chi connectivity index (χ3v) is 5.46. The first-order valence-corrected chi connectivity index (χ1v) is 10.3. The van der Waals surface area contributed by atoms with Gasteiger partial charge < -0.3 is 9.42 Å². The number of amides is 1. The molecule has 0 atom stereocenters. The van der Waals surface area contributed by atoms with Crippen LogP contribution in [0.5, 0.6) is 0 Å². The summed E-state index contributed by atoms with van der Waals surface area (Å²) in [6.45, 7) is 9.93. The van der Waals surface area contributed by atoms with E-state index in [1.54, 1.807) is 0 Å². The van der Waals surface area contributed by atoms with Crippen LogP contribution in [-0.4, -0.2) is 32.3 Å². The van der Waals surface area contributed by atoms with Gasteiger partial charge in [-0.3, -0.25) is 9.48 Å². The number of benzene rings is 2. The summed E-state index contributed by atoms with van der Waals surface area (Å²) in [6, 6.07) is 12.1. The van der Waals surface area contributed by atoms with E-state index in [0.29, 0.717) is 18.7 Å². The molecule has 0 radical (unpaired) electrons. The zero-order chi connectivity index (χ0) is 21.3. The van der Waals surface area contributed by atoms with E-state index in [-0.39, 0.29) is 5.91 Å². The van der Waals surface area contributed by atoms with Gasteiger partial charge in [-0.15, -0.1) is 0 Å². The highest BCUT2D eigenvalue weighted by atomic mass is 16.5. The zero-order valence-electron chi connectivity index (χ0n) is 17.8. The summed E-state index contributed by atoms with van der Waals surface area (Å²) < 4.78 is 7.18. The molecule has 2 heterocycles. The van der Waals surface area contributed by atoms with Crippen LogP contribution in [0.3, 0.4) is 0 Å². The van der Waals surface area contributed by atoms with Gasteiger partial charge in [-0.1, -0.05) is 23.4 Å². The molecule has 0 bridgehead atoms. The maximum Gasteiger partial charge on any atom is 0.254 e. The molecule has 4 rings (SSSR count). The molecule has 1 amide bonds. The number of carbonyl (C=O) groups is 1. The second-order valence-electron chi connectivity index (χ2n) is 7.50. The van der Waals surface area contributed by atoms with Crippen molar-refractivity contribution in [2.45, 2.75) is 40.8 Å². The Balaban J connectivity index is 1.60. The fourth-order valence-electron chi connectivity index (χ4n) is 3.82. The van der Waals surface area contributed by atoms with Crippen molar-refractivity contribution in [1.82, 2.24) is 19.8 Å². The minimum Gasteiger partial charge on any atom is -0.361 e. The van der Waals surface area contributed by atoms with Gasteiger partial charge in [-0.05, 0) is 62.2 Å². The molecular weight excluding hydrogens is 376 g/mol. The summed E-state index contributed by atoms with van der Waals surface area (Å²) in [6.07, 6.45) is 3.82. The molecular formula is C24H26N4O2. The van der Waals surface area contributed by atoms with Crippen molar-refractivity contribution < 1.29 is 9.32 Å². The molecule has 0 spiro atoms. The van der Waals surface area contributed by atoms with E-state index in [1.807, 2.05) is 67.9 Å². The van der Waals surface area contributed by atoms with Crippen molar-refractivity contribution in [3.8, 4) is 11.1 Å². The van der Waals surface area contributed by atoms with E-state index < -0.39 is 0 Å². The molecule has 4 aromatic rings. The third-order valence-electron chi connectivity index (χ3n) is 5.46. The Bertz CT molecular complexity index is 1190. The molecule has 2 aromatic carbocycles. The van der Waals surface area contributed by atoms with Crippen molar-refractivity contribution in [2.24, 2.45) is 0 Å². The summed E-state index contributed by atoms with van der Waals surface area (Å²) in [5, 5.41) is 10.5. The first-order valence-electron chi connectivity index (χ1n) is 10.3. The lowest BCUT2D eigenvalue weighted by Crippen LogP contribution is -2.30. The third kappa shape index (κ3) is 3.73. The SMILES string of the molecule is CCN(Cc1cnn(CC)c1)C(=O)c1ccc2cc(-c3c(C)noc3C)ccc2c1. The smallest absolute Gasteiger partial charge is 0.254 e. The van der Waals surface area contributed by atoms with Gasteiger partial charge in [0, 0.05) is 42.5 Å². The van der Waals surface area contributed by atoms with Gasteiger partial charge in [0.15, 0.2) is 0 Å². The molecule has 0 saturated carbocycles. The number of hydrogen-bond acceptors (Lipinski definition) is 4. The number of hydrogen-bond donors (Lipinski definition) is 0. The molecule has 0 saturated heterocycles. The van der Waals surface area contributed by atoms with E-state index in [2.05, 4.69) is 28.5 Å². The Hall–Kier alpha value is -3.41. The molecule has 0 aliphatic carbocycles. The number of rotatable bonds is 6. The van der Waals surface area contributed by atoms with Crippen molar-refractivity contribution in [3.05, 3.63) is 71.4 Å². The van der Waals surface area contributed by atoms with Crippen LogP contribution in [0.1, 0.15) is 41.2 Å². The minimum absolute atomic E-state index is 0.0263. The van der Waals surface area contributed by atoms with Crippen molar-refractivity contribution in [3.63, 3.8) is 0 Å². The van der Waals surface area contributed by atoms with Gasteiger partial charge in [0.05, 0.1) is 11.9 Å². The Morgan fingerprint density at radius 3 is 2.53 bits per heavy atom. The molecule has 0 aliphatic heterocycles. The topological polar surface area (TPSA) is 64.2 Å². The van der Waals surface area contributed by atoms with Crippen LogP contribution < -0.4 is 0 Å².